The molecule has 0 aliphatic heterocycles. The minimum atomic E-state index is -0.00479. The van der Waals surface area contributed by atoms with Crippen LogP contribution in [0.4, 0.5) is 0 Å². The molecule has 28 heavy (non-hydrogen) atoms. The summed E-state index contributed by atoms with van der Waals surface area (Å²) in [7, 11) is 6.18. The van der Waals surface area contributed by atoms with E-state index in [4.69, 9.17) is 7.85 Å². The first-order valence-electron chi connectivity index (χ1n) is 9.75. The summed E-state index contributed by atoms with van der Waals surface area (Å²) in [6.07, 6.45) is 0. The molecule has 0 bridgehead atoms. The Morgan fingerprint density at radius 2 is 1.21 bits per heavy atom. The molecule has 0 atom stereocenters. The van der Waals surface area contributed by atoms with Crippen molar-refractivity contribution in [2.75, 3.05) is 0 Å². The van der Waals surface area contributed by atoms with Crippen LogP contribution in [-0.2, 0) is 5.41 Å². The largest absolute Gasteiger partial charge is 0.113 e. The smallest absolute Gasteiger partial charge is 0.0960 e. The summed E-state index contributed by atoms with van der Waals surface area (Å²) >= 11 is 0. The predicted octanol–water partition coefficient (Wildman–Crippen LogP) is 6.12. The maximum absolute atomic E-state index is 6.18. The van der Waals surface area contributed by atoms with Crippen molar-refractivity contribution < 1.29 is 0 Å². The zero-order valence-electron chi connectivity index (χ0n) is 16.2. The van der Waals surface area contributed by atoms with Crippen molar-refractivity contribution in [3.05, 3.63) is 102 Å². The number of hydrogen-bond donors (Lipinski definition) is 0. The van der Waals surface area contributed by atoms with E-state index in [-0.39, 0.29) is 5.41 Å². The molecule has 0 unspecified atom stereocenters. The third kappa shape index (κ3) is 2.54. The fraction of sp³-hybridized carbons (Fsp3) is 0.111. The highest BCUT2D eigenvalue weighted by Crippen LogP contribution is 2.49. The highest BCUT2D eigenvalue weighted by Gasteiger charge is 2.35. The van der Waals surface area contributed by atoms with Gasteiger partial charge in [-0.1, -0.05) is 104 Å². The quantitative estimate of drug-likeness (QED) is 0.380. The first-order valence-corrected chi connectivity index (χ1v) is 9.75. The average Bonchev–Trinajstić information content (AvgIpc) is 2.96. The Balaban J connectivity index is 1.72. The van der Waals surface area contributed by atoms with Gasteiger partial charge in [0.2, 0.25) is 0 Å². The molecular weight excluding hydrogens is 335 g/mol. The summed E-state index contributed by atoms with van der Waals surface area (Å²) < 4.78 is 0. The van der Waals surface area contributed by atoms with E-state index in [1.807, 2.05) is 6.07 Å². The van der Waals surface area contributed by atoms with Crippen LogP contribution in [-0.4, -0.2) is 7.85 Å². The van der Waals surface area contributed by atoms with Crippen LogP contribution in [0.15, 0.2) is 91.0 Å². The molecule has 0 fully saturated rings. The van der Waals surface area contributed by atoms with Crippen LogP contribution in [0.5, 0.6) is 0 Å². The standard InChI is InChI=1S/C27H21B/c1-27(2)25-11-7-6-10-22(25)23-14-12-19(16-26(23)27)24-17-20(28)13-15-21(24)18-8-4-3-5-9-18/h3-17H,1-2H3. The number of fused-ring (bicyclic) bond motifs is 3. The second-order valence-electron chi connectivity index (χ2n) is 8.10. The van der Waals surface area contributed by atoms with Crippen molar-refractivity contribution in [3.63, 3.8) is 0 Å². The van der Waals surface area contributed by atoms with Gasteiger partial charge in [0.1, 0.15) is 7.85 Å². The van der Waals surface area contributed by atoms with Gasteiger partial charge in [-0.3, -0.25) is 0 Å². The van der Waals surface area contributed by atoms with E-state index in [1.165, 1.54) is 44.5 Å². The molecule has 0 nitrogen and oxygen atoms in total. The molecule has 4 aromatic carbocycles. The van der Waals surface area contributed by atoms with Crippen molar-refractivity contribution >= 4 is 13.3 Å². The molecule has 0 saturated carbocycles. The number of benzene rings is 4. The third-order valence-electron chi connectivity index (χ3n) is 6.02. The lowest BCUT2D eigenvalue weighted by Gasteiger charge is -2.22. The first-order chi connectivity index (χ1) is 13.6. The van der Waals surface area contributed by atoms with E-state index in [0.717, 1.165) is 5.46 Å². The van der Waals surface area contributed by atoms with Crippen LogP contribution < -0.4 is 5.46 Å². The lowest BCUT2D eigenvalue weighted by molar-refractivity contribution is 0.660. The highest BCUT2D eigenvalue weighted by molar-refractivity contribution is 6.32. The van der Waals surface area contributed by atoms with Crippen LogP contribution in [0, 0.1) is 0 Å². The van der Waals surface area contributed by atoms with Crippen LogP contribution in [0.3, 0.4) is 0 Å². The Kier molecular flexibility index (Phi) is 3.80. The molecule has 0 spiro atoms. The molecule has 0 aromatic heterocycles. The SMILES string of the molecule is [B]c1ccc(-c2ccccc2)c(-c2ccc3c(c2)C(C)(C)c2ccccc2-3)c1. The average molecular weight is 356 g/mol. The zero-order valence-corrected chi connectivity index (χ0v) is 16.2. The Morgan fingerprint density at radius 3 is 2.04 bits per heavy atom. The predicted molar refractivity (Wildman–Crippen MR) is 120 cm³/mol. The molecule has 0 N–H and O–H groups in total. The van der Waals surface area contributed by atoms with Crippen molar-refractivity contribution in [2.24, 2.45) is 0 Å². The minimum Gasteiger partial charge on any atom is -0.0960 e. The van der Waals surface area contributed by atoms with E-state index in [9.17, 15) is 0 Å². The summed E-state index contributed by atoms with van der Waals surface area (Å²) in [5.74, 6) is 0. The summed E-state index contributed by atoms with van der Waals surface area (Å²) in [6.45, 7) is 4.64. The van der Waals surface area contributed by atoms with Gasteiger partial charge < -0.3 is 0 Å². The van der Waals surface area contributed by atoms with Crippen LogP contribution in [0.2, 0.25) is 0 Å². The van der Waals surface area contributed by atoms with Crippen LogP contribution >= 0.6 is 0 Å². The van der Waals surface area contributed by atoms with Crippen molar-refractivity contribution in [1.82, 2.24) is 0 Å². The van der Waals surface area contributed by atoms with Gasteiger partial charge in [0.25, 0.3) is 0 Å². The lowest BCUT2D eigenvalue weighted by atomic mass is 9.80. The maximum Gasteiger partial charge on any atom is 0.113 e. The molecule has 2 radical (unpaired) electrons. The monoisotopic (exact) mass is 356 g/mol. The maximum atomic E-state index is 6.18. The second-order valence-corrected chi connectivity index (χ2v) is 8.10. The van der Waals surface area contributed by atoms with E-state index >= 15 is 0 Å². The summed E-state index contributed by atoms with van der Waals surface area (Å²) in [6, 6.07) is 32.4. The summed E-state index contributed by atoms with van der Waals surface area (Å²) in [5.41, 5.74) is 11.1. The topological polar surface area (TPSA) is 0 Å². The Morgan fingerprint density at radius 1 is 0.536 bits per heavy atom. The van der Waals surface area contributed by atoms with Gasteiger partial charge in [0.05, 0.1) is 0 Å². The minimum absolute atomic E-state index is 0.00479. The van der Waals surface area contributed by atoms with Gasteiger partial charge >= 0.3 is 0 Å². The van der Waals surface area contributed by atoms with Gasteiger partial charge in [-0.05, 0) is 50.6 Å². The van der Waals surface area contributed by atoms with Gasteiger partial charge in [0, 0.05) is 5.41 Å². The van der Waals surface area contributed by atoms with E-state index in [0.29, 0.717) is 0 Å². The molecule has 4 aromatic rings. The Bertz CT molecular complexity index is 1190. The van der Waals surface area contributed by atoms with E-state index in [2.05, 4.69) is 98.8 Å². The first kappa shape index (κ1) is 17.1. The molecule has 132 valence electrons. The molecule has 1 aliphatic rings. The van der Waals surface area contributed by atoms with Crippen molar-refractivity contribution in [2.45, 2.75) is 19.3 Å². The lowest BCUT2D eigenvalue weighted by Crippen LogP contribution is -2.15. The van der Waals surface area contributed by atoms with Crippen molar-refractivity contribution in [3.8, 4) is 33.4 Å². The van der Waals surface area contributed by atoms with Crippen LogP contribution in [0.25, 0.3) is 33.4 Å². The number of rotatable bonds is 2. The molecular formula is C27H21B. The Labute approximate surface area is 168 Å². The van der Waals surface area contributed by atoms with Crippen LogP contribution in [0.1, 0.15) is 25.0 Å². The van der Waals surface area contributed by atoms with Gasteiger partial charge in [-0.15, -0.1) is 0 Å². The molecule has 0 amide bonds. The fourth-order valence-corrected chi connectivity index (χ4v) is 4.54. The van der Waals surface area contributed by atoms with E-state index < -0.39 is 0 Å². The molecule has 0 saturated heterocycles. The second kappa shape index (κ2) is 6.24. The highest BCUT2D eigenvalue weighted by atomic mass is 14.4. The van der Waals surface area contributed by atoms with Gasteiger partial charge in [0.15, 0.2) is 0 Å². The normalized spacial score (nSPS) is 13.8. The zero-order chi connectivity index (χ0) is 19.3. The van der Waals surface area contributed by atoms with Gasteiger partial charge in [-0.2, -0.15) is 0 Å². The molecule has 0 heterocycles. The van der Waals surface area contributed by atoms with E-state index in [1.54, 1.807) is 0 Å². The summed E-state index contributed by atoms with van der Waals surface area (Å²) in [5, 5.41) is 0. The molecule has 1 aliphatic carbocycles. The fourth-order valence-electron chi connectivity index (χ4n) is 4.54. The van der Waals surface area contributed by atoms with Gasteiger partial charge in [-0.25, -0.2) is 0 Å². The Hall–Kier alpha value is -3.06. The molecule has 5 rings (SSSR count). The molecule has 1 heteroatoms. The third-order valence-corrected chi connectivity index (χ3v) is 6.02. The van der Waals surface area contributed by atoms with Crippen molar-refractivity contribution in [1.29, 1.82) is 0 Å². The summed E-state index contributed by atoms with van der Waals surface area (Å²) in [4.78, 5) is 0. The number of hydrogen-bond acceptors (Lipinski definition) is 0.